The molecule has 0 aliphatic carbocycles. The van der Waals surface area contributed by atoms with Gasteiger partial charge in [-0.05, 0) is 31.0 Å². The minimum atomic E-state index is -4.55. The molecule has 108 valence electrons. The molecule has 0 heterocycles. The highest BCUT2D eigenvalue weighted by Gasteiger charge is 2.29. The van der Waals surface area contributed by atoms with E-state index in [0.717, 1.165) is 0 Å². The molecule has 0 aliphatic rings. The summed E-state index contributed by atoms with van der Waals surface area (Å²) in [4.78, 5) is -0.272. The summed E-state index contributed by atoms with van der Waals surface area (Å²) >= 11 is 0. The molecule has 1 unspecified atom stereocenters. The number of likely N-dealkylation sites (N-methyl/N-ethyl adjacent to an activating group) is 1. The van der Waals surface area contributed by atoms with Crippen molar-refractivity contribution in [3.05, 3.63) is 29.8 Å². The predicted molar refractivity (Wildman–Crippen MR) is 71.0 cm³/mol. The van der Waals surface area contributed by atoms with Gasteiger partial charge in [-0.15, -0.1) is 0 Å². The molecule has 1 atom stereocenters. The lowest BCUT2D eigenvalue weighted by molar-refractivity contribution is 0.234. The lowest BCUT2D eigenvalue weighted by Gasteiger charge is -2.21. The molecule has 0 fully saturated rings. The Balaban J connectivity index is 3.17. The molecule has 0 saturated carbocycles. The van der Waals surface area contributed by atoms with Crippen LogP contribution in [-0.2, 0) is 16.3 Å². The highest BCUT2D eigenvalue weighted by molar-refractivity contribution is 7.91. The third-order valence-electron chi connectivity index (χ3n) is 3.13. The number of benzene rings is 1. The Morgan fingerprint density at radius 3 is 2.26 bits per heavy atom. The van der Waals surface area contributed by atoms with Crippen LogP contribution < -0.4 is 5.32 Å². The second kappa shape index (κ2) is 6.43. The molecular weight excluding hydrogens is 272 g/mol. The van der Waals surface area contributed by atoms with Gasteiger partial charge in [0.15, 0.2) is 0 Å². The Kier molecular flexibility index (Phi) is 5.43. The van der Waals surface area contributed by atoms with Crippen molar-refractivity contribution in [2.24, 2.45) is 5.92 Å². The fourth-order valence-corrected chi connectivity index (χ4v) is 2.93. The van der Waals surface area contributed by atoms with Crippen LogP contribution >= 0.6 is 0 Å². The van der Waals surface area contributed by atoms with E-state index in [9.17, 15) is 17.2 Å². The summed E-state index contributed by atoms with van der Waals surface area (Å²) < 4.78 is 48.5. The Morgan fingerprint density at radius 2 is 1.79 bits per heavy atom. The maximum Gasteiger partial charge on any atom is 0.341 e. The van der Waals surface area contributed by atoms with Crippen molar-refractivity contribution < 1.29 is 17.2 Å². The number of rotatable bonds is 6. The van der Waals surface area contributed by atoms with Gasteiger partial charge in [-0.3, -0.25) is 0 Å². The van der Waals surface area contributed by atoms with E-state index in [1.807, 2.05) is 13.8 Å². The number of sulfone groups is 1. The zero-order chi connectivity index (χ0) is 14.6. The first-order valence-corrected chi connectivity index (χ1v) is 7.62. The molecule has 0 spiro atoms. The standard InChI is InChI=1S/C13H19F2NO2S/c1-9(2)11(16-3)8-10-6-4-5-7-12(10)19(17,18)13(14)15/h4-7,9,11,13,16H,8H2,1-3H3. The summed E-state index contributed by atoms with van der Waals surface area (Å²) in [6, 6.07) is 5.98. The van der Waals surface area contributed by atoms with Crippen LogP contribution in [0.1, 0.15) is 19.4 Å². The van der Waals surface area contributed by atoms with Crippen LogP contribution in [0.5, 0.6) is 0 Å². The zero-order valence-corrected chi connectivity index (χ0v) is 12.0. The molecule has 6 heteroatoms. The van der Waals surface area contributed by atoms with E-state index < -0.39 is 15.6 Å². The maximum absolute atomic E-state index is 12.7. The van der Waals surface area contributed by atoms with E-state index in [4.69, 9.17) is 0 Å². The van der Waals surface area contributed by atoms with Gasteiger partial charge in [0.1, 0.15) is 0 Å². The highest BCUT2D eigenvalue weighted by atomic mass is 32.2. The van der Waals surface area contributed by atoms with Crippen LogP contribution in [-0.4, -0.2) is 27.3 Å². The average Bonchev–Trinajstić information content (AvgIpc) is 2.35. The van der Waals surface area contributed by atoms with Gasteiger partial charge in [-0.2, -0.15) is 8.78 Å². The molecule has 0 radical (unpaired) electrons. The molecule has 1 aromatic carbocycles. The molecule has 3 nitrogen and oxygen atoms in total. The third-order valence-corrected chi connectivity index (χ3v) is 4.61. The van der Waals surface area contributed by atoms with Crippen molar-refractivity contribution >= 4 is 9.84 Å². The van der Waals surface area contributed by atoms with Crippen molar-refractivity contribution in [2.45, 2.75) is 37.0 Å². The third kappa shape index (κ3) is 3.73. The number of hydrogen-bond donors (Lipinski definition) is 1. The van der Waals surface area contributed by atoms with Gasteiger partial charge < -0.3 is 5.32 Å². The molecule has 0 bridgehead atoms. The van der Waals surface area contributed by atoms with Crippen LogP contribution in [0.3, 0.4) is 0 Å². The lowest BCUT2D eigenvalue weighted by Crippen LogP contribution is -2.33. The Morgan fingerprint density at radius 1 is 1.21 bits per heavy atom. The van der Waals surface area contributed by atoms with Gasteiger partial charge in [0.25, 0.3) is 0 Å². The summed E-state index contributed by atoms with van der Waals surface area (Å²) in [5, 5.41) is 3.08. The Bertz CT molecular complexity index is 515. The van der Waals surface area contributed by atoms with Crippen LogP contribution in [0.15, 0.2) is 29.2 Å². The number of nitrogens with one attached hydrogen (secondary N) is 1. The average molecular weight is 291 g/mol. The van der Waals surface area contributed by atoms with Gasteiger partial charge in [-0.25, -0.2) is 8.42 Å². The summed E-state index contributed by atoms with van der Waals surface area (Å²) in [5.41, 5.74) is 0.427. The van der Waals surface area contributed by atoms with Crippen LogP contribution in [0.25, 0.3) is 0 Å². The molecule has 0 amide bonds. The summed E-state index contributed by atoms with van der Waals surface area (Å²) in [7, 11) is -2.78. The molecule has 19 heavy (non-hydrogen) atoms. The van der Waals surface area contributed by atoms with E-state index in [1.165, 1.54) is 12.1 Å². The van der Waals surface area contributed by atoms with Crippen molar-refractivity contribution in [2.75, 3.05) is 7.05 Å². The first-order valence-electron chi connectivity index (χ1n) is 6.08. The Hall–Kier alpha value is -1.01. The fourth-order valence-electron chi connectivity index (χ4n) is 1.95. The number of hydrogen-bond acceptors (Lipinski definition) is 3. The molecule has 0 aliphatic heterocycles. The molecule has 1 N–H and O–H groups in total. The second-order valence-electron chi connectivity index (χ2n) is 4.76. The molecule has 0 aromatic heterocycles. The molecule has 1 rings (SSSR count). The van der Waals surface area contributed by atoms with E-state index in [2.05, 4.69) is 5.32 Å². The normalized spacial score (nSPS) is 14.1. The van der Waals surface area contributed by atoms with Crippen molar-refractivity contribution in [1.29, 1.82) is 0 Å². The Labute approximate surface area is 112 Å². The maximum atomic E-state index is 12.7. The monoisotopic (exact) mass is 291 g/mol. The quantitative estimate of drug-likeness (QED) is 0.876. The van der Waals surface area contributed by atoms with Gasteiger partial charge >= 0.3 is 5.76 Å². The summed E-state index contributed by atoms with van der Waals surface area (Å²) in [6.07, 6.45) is 0.399. The minimum Gasteiger partial charge on any atom is -0.316 e. The molecule has 1 aromatic rings. The van der Waals surface area contributed by atoms with E-state index >= 15 is 0 Å². The van der Waals surface area contributed by atoms with Gasteiger partial charge in [0.05, 0.1) is 4.90 Å². The van der Waals surface area contributed by atoms with Gasteiger partial charge in [0.2, 0.25) is 9.84 Å². The largest absolute Gasteiger partial charge is 0.341 e. The van der Waals surface area contributed by atoms with E-state index in [-0.39, 0.29) is 16.9 Å². The summed E-state index contributed by atoms with van der Waals surface area (Å²) in [5.74, 6) is -3.12. The van der Waals surface area contributed by atoms with E-state index in [1.54, 1.807) is 19.2 Å². The van der Waals surface area contributed by atoms with Gasteiger partial charge in [-0.1, -0.05) is 32.0 Å². The van der Waals surface area contributed by atoms with Crippen LogP contribution in [0.4, 0.5) is 8.78 Å². The van der Waals surface area contributed by atoms with Crippen molar-refractivity contribution in [1.82, 2.24) is 5.32 Å². The first kappa shape index (κ1) is 16.0. The highest BCUT2D eigenvalue weighted by Crippen LogP contribution is 2.24. The minimum absolute atomic E-state index is 0.0361. The lowest BCUT2D eigenvalue weighted by atomic mass is 9.97. The molecule has 0 saturated heterocycles. The fraction of sp³-hybridized carbons (Fsp3) is 0.538. The van der Waals surface area contributed by atoms with Gasteiger partial charge in [0, 0.05) is 6.04 Å². The van der Waals surface area contributed by atoms with Crippen LogP contribution in [0, 0.1) is 5.92 Å². The summed E-state index contributed by atoms with van der Waals surface area (Å²) in [6.45, 7) is 3.98. The first-order chi connectivity index (χ1) is 8.80. The topological polar surface area (TPSA) is 46.2 Å². The number of alkyl halides is 2. The number of halogens is 2. The second-order valence-corrected chi connectivity index (χ2v) is 6.64. The van der Waals surface area contributed by atoms with Crippen molar-refractivity contribution in [3.63, 3.8) is 0 Å². The smallest absolute Gasteiger partial charge is 0.316 e. The van der Waals surface area contributed by atoms with E-state index in [0.29, 0.717) is 12.0 Å². The van der Waals surface area contributed by atoms with Crippen LogP contribution in [0.2, 0.25) is 0 Å². The predicted octanol–water partition coefficient (Wildman–Crippen LogP) is 2.47. The zero-order valence-electron chi connectivity index (χ0n) is 11.2. The van der Waals surface area contributed by atoms with Crippen molar-refractivity contribution in [3.8, 4) is 0 Å². The SMILES string of the molecule is CNC(Cc1ccccc1S(=O)(=O)C(F)F)C(C)C. The molecular formula is C13H19F2NO2S.